The minimum absolute atomic E-state index is 0.297. The van der Waals surface area contributed by atoms with Crippen LogP contribution in [0.3, 0.4) is 0 Å². The van der Waals surface area contributed by atoms with Gasteiger partial charge in [-0.15, -0.1) is 0 Å². The molecule has 0 bridgehead atoms. The summed E-state index contributed by atoms with van der Waals surface area (Å²) >= 11 is 0. The zero-order valence-electron chi connectivity index (χ0n) is 14.6. The zero-order chi connectivity index (χ0) is 16.6. The lowest BCUT2D eigenvalue weighted by molar-refractivity contribution is -0.0681. The van der Waals surface area contributed by atoms with Crippen LogP contribution in [0.5, 0.6) is 0 Å². The minimum Gasteiger partial charge on any atom is -0.444 e. The third-order valence-electron chi connectivity index (χ3n) is 3.84. The summed E-state index contributed by atoms with van der Waals surface area (Å²) in [6.45, 7) is 9.10. The van der Waals surface area contributed by atoms with Crippen LogP contribution in [0.2, 0.25) is 0 Å². The maximum atomic E-state index is 12.3. The van der Waals surface area contributed by atoms with Gasteiger partial charge < -0.3 is 14.6 Å². The van der Waals surface area contributed by atoms with Gasteiger partial charge in [0.15, 0.2) is 0 Å². The van der Waals surface area contributed by atoms with Gasteiger partial charge in [0.05, 0.1) is 25.4 Å². The number of hydrogen-bond donors (Lipinski definition) is 1. The Kier molecular flexibility index (Phi) is 8.18. The van der Waals surface area contributed by atoms with Crippen LogP contribution in [0.15, 0.2) is 0 Å². The number of hydrogen-bond acceptors (Lipinski definition) is 4. The van der Waals surface area contributed by atoms with Crippen molar-refractivity contribution in [2.24, 2.45) is 0 Å². The second-order valence-electron chi connectivity index (χ2n) is 7.09. The average Bonchev–Trinajstić information content (AvgIpc) is 2.45. The number of ether oxygens (including phenoxy) is 2. The highest BCUT2D eigenvalue weighted by atomic mass is 16.6. The molecule has 0 aliphatic carbocycles. The molecule has 22 heavy (non-hydrogen) atoms. The largest absolute Gasteiger partial charge is 0.444 e. The minimum atomic E-state index is -0.547. The predicted octanol–water partition coefficient (Wildman–Crippen LogP) is 3.34. The predicted molar refractivity (Wildman–Crippen MR) is 86.9 cm³/mol. The number of morpholine rings is 1. The molecule has 2 atom stereocenters. The van der Waals surface area contributed by atoms with Gasteiger partial charge in [0.25, 0.3) is 0 Å². The number of rotatable bonds is 7. The number of carbonyl (C=O) groups is 1. The second kappa shape index (κ2) is 9.36. The van der Waals surface area contributed by atoms with E-state index in [1.54, 1.807) is 4.90 Å². The molecule has 0 aromatic carbocycles. The third kappa shape index (κ3) is 6.97. The molecule has 0 aromatic rings. The van der Waals surface area contributed by atoms with E-state index in [4.69, 9.17) is 9.47 Å². The molecule has 0 aromatic heterocycles. The zero-order valence-corrected chi connectivity index (χ0v) is 14.6. The molecular weight excluding hydrogens is 282 g/mol. The molecule has 1 aliphatic heterocycles. The molecule has 1 saturated heterocycles. The van der Waals surface area contributed by atoms with E-state index in [1.165, 1.54) is 19.3 Å². The number of carbonyl (C=O) groups excluding carboxylic acids is 1. The van der Waals surface area contributed by atoms with E-state index in [-0.39, 0.29) is 12.1 Å². The lowest BCUT2D eigenvalue weighted by Gasteiger charge is -2.38. The molecule has 5 nitrogen and oxygen atoms in total. The van der Waals surface area contributed by atoms with Crippen LogP contribution in [-0.4, -0.2) is 53.6 Å². The molecule has 1 heterocycles. The van der Waals surface area contributed by atoms with E-state index in [1.807, 2.05) is 20.8 Å². The molecule has 1 rings (SSSR count). The van der Waals surface area contributed by atoms with Crippen molar-refractivity contribution in [1.29, 1.82) is 0 Å². The molecule has 2 unspecified atom stereocenters. The number of aliphatic hydroxyl groups excluding tert-OH is 1. The molecule has 0 spiro atoms. The SMILES string of the molecule is CCCCCCCC(O)C1COCCN1C(=O)OC(C)(C)C. The van der Waals surface area contributed by atoms with E-state index in [0.29, 0.717) is 26.2 Å². The van der Waals surface area contributed by atoms with Gasteiger partial charge in [-0.2, -0.15) is 0 Å². The van der Waals surface area contributed by atoms with Crippen molar-refractivity contribution in [3.8, 4) is 0 Å². The number of aliphatic hydroxyl groups is 1. The van der Waals surface area contributed by atoms with Gasteiger partial charge in [-0.25, -0.2) is 4.79 Å². The van der Waals surface area contributed by atoms with Gasteiger partial charge in [0, 0.05) is 6.54 Å². The molecule has 1 aliphatic rings. The molecule has 1 fully saturated rings. The van der Waals surface area contributed by atoms with Crippen molar-refractivity contribution in [1.82, 2.24) is 4.90 Å². The first kappa shape index (κ1) is 19.2. The van der Waals surface area contributed by atoms with Gasteiger partial charge >= 0.3 is 6.09 Å². The number of nitrogens with zero attached hydrogens (tertiary/aromatic N) is 1. The Morgan fingerprint density at radius 1 is 1.32 bits per heavy atom. The molecule has 130 valence electrons. The first-order valence-electron chi connectivity index (χ1n) is 8.60. The molecule has 1 N–H and O–H groups in total. The fourth-order valence-corrected chi connectivity index (χ4v) is 2.64. The van der Waals surface area contributed by atoms with Gasteiger partial charge in [-0.3, -0.25) is 4.90 Å². The first-order chi connectivity index (χ1) is 10.3. The average molecular weight is 315 g/mol. The van der Waals surface area contributed by atoms with E-state index in [9.17, 15) is 9.90 Å². The summed E-state index contributed by atoms with van der Waals surface area (Å²) in [6, 6.07) is -0.297. The van der Waals surface area contributed by atoms with E-state index < -0.39 is 11.7 Å². The van der Waals surface area contributed by atoms with Gasteiger partial charge in [-0.05, 0) is 27.2 Å². The smallest absolute Gasteiger partial charge is 0.410 e. The fraction of sp³-hybridized carbons (Fsp3) is 0.941. The van der Waals surface area contributed by atoms with E-state index >= 15 is 0 Å². The molecule has 0 saturated carbocycles. The Balaban J connectivity index is 2.47. The lowest BCUT2D eigenvalue weighted by Crippen LogP contribution is -2.55. The summed E-state index contributed by atoms with van der Waals surface area (Å²) in [5, 5.41) is 10.4. The highest BCUT2D eigenvalue weighted by Gasteiger charge is 2.34. The van der Waals surface area contributed by atoms with Crippen LogP contribution < -0.4 is 0 Å². The van der Waals surface area contributed by atoms with Crippen LogP contribution in [0, 0.1) is 0 Å². The fourth-order valence-electron chi connectivity index (χ4n) is 2.64. The standard InChI is InChI=1S/C17H33NO4/c1-5-6-7-8-9-10-15(19)14-13-21-12-11-18(14)16(20)22-17(2,3)4/h14-15,19H,5-13H2,1-4H3. The third-order valence-corrected chi connectivity index (χ3v) is 3.84. The lowest BCUT2D eigenvalue weighted by atomic mass is 10.0. The summed E-state index contributed by atoms with van der Waals surface area (Å²) in [5.41, 5.74) is -0.523. The summed E-state index contributed by atoms with van der Waals surface area (Å²) in [7, 11) is 0. The monoisotopic (exact) mass is 315 g/mol. The van der Waals surface area contributed by atoms with Gasteiger partial charge in [0.2, 0.25) is 0 Å². The maximum Gasteiger partial charge on any atom is 0.410 e. The van der Waals surface area contributed by atoms with Crippen LogP contribution in [0.4, 0.5) is 4.79 Å². The van der Waals surface area contributed by atoms with E-state index in [2.05, 4.69) is 6.92 Å². The summed E-state index contributed by atoms with van der Waals surface area (Å²) in [4.78, 5) is 13.9. The topological polar surface area (TPSA) is 59.0 Å². The Bertz CT molecular complexity index is 327. The molecule has 1 amide bonds. The van der Waals surface area contributed by atoms with Crippen LogP contribution in [-0.2, 0) is 9.47 Å². The highest BCUT2D eigenvalue weighted by molar-refractivity contribution is 5.68. The Labute approximate surface area is 135 Å². The van der Waals surface area contributed by atoms with Gasteiger partial charge in [0.1, 0.15) is 5.60 Å². The molecule has 5 heteroatoms. The quantitative estimate of drug-likeness (QED) is 0.732. The number of unbranched alkanes of at least 4 members (excludes halogenated alkanes) is 4. The van der Waals surface area contributed by atoms with Crippen molar-refractivity contribution < 1.29 is 19.4 Å². The van der Waals surface area contributed by atoms with Crippen molar-refractivity contribution in [3.63, 3.8) is 0 Å². The van der Waals surface area contributed by atoms with E-state index in [0.717, 1.165) is 12.8 Å². The number of amides is 1. The van der Waals surface area contributed by atoms with Crippen LogP contribution in [0.25, 0.3) is 0 Å². The van der Waals surface area contributed by atoms with Crippen molar-refractivity contribution in [2.45, 2.75) is 84.0 Å². The normalized spacial score (nSPS) is 20.8. The molecule has 0 radical (unpaired) electrons. The Morgan fingerprint density at radius 3 is 2.64 bits per heavy atom. The summed E-state index contributed by atoms with van der Waals surface area (Å²) < 4.78 is 10.9. The summed E-state index contributed by atoms with van der Waals surface area (Å²) in [5.74, 6) is 0. The van der Waals surface area contributed by atoms with Crippen molar-refractivity contribution in [2.75, 3.05) is 19.8 Å². The first-order valence-corrected chi connectivity index (χ1v) is 8.60. The molecular formula is C17H33NO4. The second-order valence-corrected chi connectivity index (χ2v) is 7.09. The van der Waals surface area contributed by atoms with Crippen LogP contribution >= 0.6 is 0 Å². The van der Waals surface area contributed by atoms with Crippen molar-refractivity contribution in [3.05, 3.63) is 0 Å². The summed E-state index contributed by atoms with van der Waals surface area (Å²) in [6.07, 6.45) is 5.58. The van der Waals surface area contributed by atoms with Crippen LogP contribution in [0.1, 0.15) is 66.2 Å². The Hall–Kier alpha value is -0.810. The Morgan fingerprint density at radius 2 is 2.00 bits per heavy atom. The highest BCUT2D eigenvalue weighted by Crippen LogP contribution is 2.19. The van der Waals surface area contributed by atoms with Gasteiger partial charge in [-0.1, -0.05) is 39.0 Å². The maximum absolute atomic E-state index is 12.3. The van der Waals surface area contributed by atoms with Crippen molar-refractivity contribution >= 4 is 6.09 Å².